The van der Waals surface area contributed by atoms with Gasteiger partial charge in [0.1, 0.15) is 0 Å². The lowest BCUT2D eigenvalue weighted by molar-refractivity contribution is -0.149. The van der Waals surface area contributed by atoms with E-state index in [1.807, 2.05) is 4.90 Å². The van der Waals surface area contributed by atoms with Gasteiger partial charge in [-0.1, -0.05) is 20.3 Å². The summed E-state index contributed by atoms with van der Waals surface area (Å²) in [5.41, 5.74) is -0.718. The molecule has 1 saturated heterocycles. The van der Waals surface area contributed by atoms with E-state index in [0.29, 0.717) is 38.8 Å². The van der Waals surface area contributed by atoms with Crippen molar-refractivity contribution in [3.05, 3.63) is 0 Å². The lowest BCUT2D eigenvalue weighted by atomic mass is 9.81. The highest BCUT2D eigenvalue weighted by Gasteiger charge is 2.55. The Morgan fingerprint density at radius 1 is 1.16 bits per heavy atom. The normalized spacial score (nSPS) is 25.0. The van der Waals surface area contributed by atoms with E-state index < -0.39 is 11.4 Å². The second-order valence-corrected chi connectivity index (χ2v) is 7.56. The molecular formula is C19H32N2O4. The Labute approximate surface area is 150 Å². The van der Waals surface area contributed by atoms with E-state index >= 15 is 0 Å². The number of carboxylic acid groups (broad SMARTS) is 1. The summed E-state index contributed by atoms with van der Waals surface area (Å²) in [7, 11) is 0. The molecule has 0 radical (unpaired) electrons. The van der Waals surface area contributed by atoms with E-state index in [1.165, 1.54) is 0 Å². The van der Waals surface area contributed by atoms with E-state index in [2.05, 4.69) is 13.8 Å². The summed E-state index contributed by atoms with van der Waals surface area (Å²) < 4.78 is 0. The molecule has 1 aliphatic heterocycles. The van der Waals surface area contributed by atoms with Crippen LogP contribution in [-0.4, -0.2) is 58.9 Å². The number of hydrogen-bond acceptors (Lipinski definition) is 3. The molecule has 2 fully saturated rings. The molecule has 142 valence electrons. The number of likely N-dealkylation sites (tertiary alicyclic amines) is 1. The summed E-state index contributed by atoms with van der Waals surface area (Å²) >= 11 is 0. The molecule has 1 N–H and O–H groups in total. The van der Waals surface area contributed by atoms with Crippen LogP contribution in [0.2, 0.25) is 0 Å². The Balaban J connectivity index is 1.79. The molecule has 2 rings (SSSR count). The fraction of sp³-hybridized carbons (Fsp3) is 0.842. The molecule has 0 aromatic rings. The Hall–Kier alpha value is -1.59. The van der Waals surface area contributed by atoms with Crippen LogP contribution in [-0.2, 0) is 14.4 Å². The van der Waals surface area contributed by atoms with Gasteiger partial charge in [-0.2, -0.15) is 0 Å². The van der Waals surface area contributed by atoms with Crippen molar-refractivity contribution in [1.82, 2.24) is 9.80 Å². The van der Waals surface area contributed by atoms with Crippen LogP contribution in [0.1, 0.15) is 65.2 Å². The van der Waals surface area contributed by atoms with Crippen molar-refractivity contribution in [2.24, 2.45) is 11.3 Å². The molecular weight excluding hydrogens is 320 g/mol. The Bertz CT molecular complexity index is 502. The van der Waals surface area contributed by atoms with Crippen molar-refractivity contribution in [3.63, 3.8) is 0 Å². The molecule has 6 nitrogen and oxygen atoms in total. The third-order valence-corrected chi connectivity index (χ3v) is 5.77. The minimum Gasteiger partial charge on any atom is -0.481 e. The van der Waals surface area contributed by atoms with Gasteiger partial charge in [-0.15, -0.1) is 0 Å². The first-order chi connectivity index (χ1) is 11.9. The summed E-state index contributed by atoms with van der Waals surface area (Å²) in [5.74, 6) is -0.535. The summed E-state index contributed by atoms with van der Waals surface area (Å²) in [5, 5.41) is 9.60. The summed E-state index contributed by atoms with van der Waals surface area (Å²) in [6.07, 6.45) is 5.68. The van der Waals surface area contributed by atoms with E-state index in [1.54, 1.807) is 4.90 Å². The summed E-state index contributed by atoms with van der Waals surface area (Å²) in [6.45, 7) is 6.57. The maximum absolute atomic E-state index is 12.5. The van der Waals surface area contributed by atoms with Gasteiger partial charge in [0, 0.05) is 39.0 Å². The van der Waals surface area contributed by atoms with E-state index in [0.717, 1.165) is 38.8 Å². The maximum Gasteiger partial charge on any atom is 0.311 e. The van der Waals surface area contributed by atoms with E-state index in [4.69, 9.17) is 0 Å². The van der Waals surface area contributed by atoms with Crippen molar-refractivity contribution in [3.8, 4) is 0 Å². The first-order valence-corrected chi connectivity index (χ1v) is 9.73. The van der Waals surface area contributed by atoms with Crippen LogP contribution in [0.4, 0.5) is 0 Å². The lowest BCUT2D eigenvalue weighted by Gasteiger charge is -2.23. The molecule has 25 heavy (non-hydrogen) atoms. The van der Waals surface area contributed by atoms with Crippen LogP contribution in [0.5, 0.6) is 0 Å². The van der Waals surface area contributed by atoms with E-state index in [-0.39, 0.29) is 17.7 Å². The first kappa shape index (κ1) is 19.7. The topological polar surface area (TPSA) is 77.9 Å². The highest BCUT2D eigenvalue weighted by molar-refractivity contribution is 5.82. The molecule has 0 aromatic carbocycles. The van der Waals surface area contributed by atoms with Crippen LogP contribution in [0.25, 0.3) is 0 Å². The molecule has 1 saturated carbocycles. The van der Waals surface area contributed by atoms with Gasteiger partial charge in [-0.05, 0) is 38.0 Å². The van der Waals surface area contributed by atoms with Crippen molar-refractivity contribution in [2.75, 3.05) is 26.2 Å². The molecule has 6 heteroatoms. The van der Waals surface area contributed by atoms with Crippen molar-refractivity contribution < 1.29 is 19.5 Å². The summed E-state index contributed by atoms with van der Waals surface area (Å²) in [4.78, 5) is 40.0. The van der Waals surface area contributed by atoms with Gasteiger partial charge in [-0.25, -0.2) is 0 Å². The molecule has 0 bridgehead atoms. The highest BCUT2D eigenvalue weighted by atomic mass is 16.4. The van der Waals surface area contributed by atoms with Gasteiger partial charge in [0.25, 0.3) is 0 Å². The fourth-order valence-corrected chi connectivity index (χ4v) is 4.44. The highest BCUT2D eigenvalue weighted by Crippen LogP contribution is 2.49. The molecule has 2 amide bonds. The smallest absolute Gasteiger partial charge is 0.311 e. The van der Waals surface area contributed by atoms with Gasteiger partial charge in [-0.3, -0.25) is 14.4 Å². The predicted octanol–water partition coefficient (Wildman–Crippen LogP) is 2.52. The molecule has 0 unspecified atom stereocenters. The van der Waals surface area contributed by atoms with E-state index in [9.17, 15) is 19.5 Å². The summed E-state index contributed by atoms with van der Waals surface area (Å²) in [6, 6.07) is 0. The molecule has 1 heterocycles. The van der Waals surface area contributed by atoms with Gasteiger partial charge < -0.3 is 14.9 Å². The Kier molecular flexibility index (Phi) is 6.85. The fourth-order valence-electron chi connectivity index (χ4n) is 4.44. The number of rotatable bonds is 9. The number of hydrogen-bond donors (Lipinski definition) is 1. The minimum absolute atomic E-state index is 0.000332. The average molecular weight is 352 g/mol. The monoisotopic (exact) mass is 352 g/mol. The number of carbonyl (C=O) groups is 3. The van der Waals surface area contributed by atoms with Crippen LogP contribution in [0.15, 0.2) is 0 Å². The quantitative estimate of drug-likeness (QED) is 0.692. The third-order valence-electron chi connectivity index (χ3n) is 5.77. The molecule has 2 atom stereocenters. The second-order valence-electron chi connectivity index (χ2n) is 7.56. The Morgan fingerprint density at radius 2 is 1.84 bits per heavy atom. The first-order valence-electron chi connectivity index (χ1n) is 9.73. The van der Waals surface area contributed by atoms with Crippen LogP contribution < -0.4 is 0 Å². The molecule has 2 aliphatic rings. The standard InChI is InChI=1S/C19H32N2O4/c1-3-11-20(12-4-2)16(22)8-5-9-17(23)21-13-15-7-6-10-19(15,14-21)18(24)25/h15H,3-14H2,1-2H3,(H,24,25)/t15-,19+/m0/s1. The number of fused-ring (bicyclic) bond motifs is 1. The average Bonchev–Trinajstić information content (AvgIpc) is 3.12. The maximum atomic E-state index is 12.5. The molecule has 0 aromatic heterocycles. The van der Waals surface area contributed by atoms with Gasteiger partial charge in [0.05, 0.1) is 5.41 Å². The van der Waals surface area contributed by atoms with Crippen molar-refractivity contribution in [1.29, 1.82) is 0 Å². The lowest BCUT2D eigenvalue weighted by Crippen LogP contribution is -2.37. The molecule has 1 aliphatic carbocycles. The number of nitrogens with zero attached hydrogens (tertiary/aromatic N) is 2. The second kappa shape index (κ2) is 8.68. The van der Waals surface area contributed by atoms with Gasteiger partial charge in [0.15, 0.2) is 0 Å². The molecule has 0 spiro atoms. The number of aliphatic carboxylic acids is 1. The number of carboxylic acids is 1. The van der Waals surface area contributed by atoms with Crippen LogP contribution in [0.3, 0.4) is 0 Å². The number of amides is 2. The number of carbonyl (C=O) groups excluding carboxylic acids is 2. The van der Waals surface area contributed by atoms with Gasteiger partial charge in [0.2, 0.25) is 11.8 Å². The van der Waals surface area contributed by atoms with Crippen LogP contribution in [0, 0.1) is 11.3 Å². The van der Waals surface area contributed by atoms with Crippen LogP contribution >= 0.6 is 0 Å². The zero-order valence-corrected chi connectivity index (χ0v) is 15.6. The Morgan fingerprint density at radius 3 is 2.40 bits per heavy atom. The van der Waals surface area contributed by atoms with Gasteiger partial charge >= 0.3 is 5.97 Å². The van der Waals surface area contributed by atoms with Crippen molar-refractivity contribution in [2.45, 2.75) is 65.2 Å². The SMILES string of the molecule is CCCN(CCC)C(=O)CCCC(=O)N1C[C@@H]2CCC[C@@]2(C(=O)O)C1. The predicted molar refractivity (Wildman–Crippen MR) is 95.0 cm³/mol. The minimum atomic E-state index is -0.754. The zero-order chi connectivity index (χ0) is 18.4. The largest absolute Gasteiger partial charge is 0.481 e. The van der Waals surface area contributed by atoms with Crippen molar-refractivity contribution >= 4 is 17.8 Å². The third kappa shape index (κ3) is 4.33. The zero-order valence-electron chi connectivity index (χ0n) is 15.6.